The second-order valence-corrected chi connectivity index (χ2v) is 5.91. The fourth-order valence-electron chi connectivity index (χ4n) is 2.93. The second kappa shape index (κ2) is 6.67. The minimum absolute atomic E-state index is 0.0535. The van der Waals surface area contributed by atoms with Crippen molar-refractivity contribution in [3.63, 3.8) is 0 Å². The van der Waals surface area contributed by atoms with E-state index in [9.17, 15) is 14.7 Å². The normalized spacial score (nSPS) is 23.0. The number of rotatable bonds is 3. The Hall–Kier alpha value is -1.26. The first-order valence-corrected chi connectivity index (χ1v) is 7.69. The average molecular weight is 330 g/mol. The van der Waals surface area contributed by atoms with Gasteiger partial charge in [-0.25, -0.2) is 0 Å². The smallest absolute Gasteiger partial charge is 0.308 e. The van der Waals surface area contributed by atoms with Crippen molar-refractivity contribution in [1.82, 2.24) is 4.90 Å². The molecule has 1 aliphatic rings. The Balaban J connectivity index is 2.59. The van der Waals surface area contributed by atoms with Gasteiger partial charge in [-0.2, -0.15) is 0 Å². The van der Waals surface area contributed by atoms with Crippen molar-refractivity contribution in [2.45, 2.75) is 32.2 Å². The van der Waals surface area contributed by atoms with Crippen molar-refractivity contribution in [3.8, 4) is 0 Å². The summed E-state index contributed by atoms with van der Waals surface area (Å²) < 4.78 is 0. The van der Waals surface area contributed by atoms with E-state index in [4.69, 9.17) is 23.2 Å². The molecule has 6 heteroatoms. The Morgan fingerprint density at radius 3 is 2.52 bits per heavy atom. The van der Waals surface area contributed by atoms with E-state index in [0.717, 1.165) is 0 Å². The van der Waals surface area contributed by atoms with Gasteiger partial charge in [-0.15, -0.1) is 0 Å². The zero-order valence-corrected chi connectivity index (χ0v) is 13.2. The third-order valence-electron chi connectivity index (χ3n) is 3.90. The number of nitrogens with zero attached hydrogens (tertiary/aromatic N) is 1. The number of carbonyl (C=O) groups excluding carboxylic acids is 1. The van der Waals surface area contributed by atoms with Crippen LogP contribution in [0.5, 0.6) is 0 Å². The molecular formula is C15H17Cl2NO3. The van der Waals surface area contributed by atoms with Crippen molar-refractivity contribution >= 4 is 35.1 Å². The monoisotopic (exact) mass is 329 g/mol. The quantitative estimate of drug-likeness (QED) is 0.918. The molecule has 1 aromatic carbocycles. The van der Waals surface area contributed by atoms with Crippen LogP contribution in [0.4, 0.5) is 0 Å². The zero-order valence-electron chi connectivity index (χ0n) is 11.7. The van der Waals surface area contributed by atoms with E-state index >= 15 is 0 Å². The van der Waals surface area contributed by atoms with E-state index in [0.29, 0.717) is 41.4 Å². The molecule has 0 saturated carbocycles. The van der Waals surface area contributed by atoms with Crippen LogP contribution >= 0.6 is 23.2 Å². The summed E-state index contributed by atoms with van der Waals surface area (Å²) in [5.41, 5.74) is 0.533. The van der Waals surface area contributed by atoms with Crippen molar-refractivity contribution in [2.75, 3.05) is 6.54 Å². The van der Waals surface area contributed by atoms with Crippen LogP contribution < -0.4 is 0 Å². The lowest BCUT2D eigenvalue weighted by atomic mass is 9.89. The standard InChI is InChI=1S/C15H17Cl2NO3/c1-2-18-12(19)8-3-5-9(15(20)21)14(18)13-10(16)6-4-7-11(13)17/h4,6-7,9,14H,2-3,5,8H2,1H3,(H,20,21). The number of halogens is 2. The van der Waals surface area contributed by atoms with Gasteiger partial charge in [0.1, 0.15) is 0 Å². The molecule has 0 aliphatic carbocycles. The Bertz CT molecular complexity index is 540. The molecule has 0 bridgehead atoms. The van der Waals surface area contributed by atoms with E-state index < -0.39 is 17.9 Å². The van der Waals surface area contributed by atoms with Crippen LogP contribution in [0.1, 0.15) is 37.8 Å². The van der Waals surface area contributed by atoms with E-state index in [2.05, 4.69) is 0 Å². The van der Waals surface area contributed by atoms with Gasteiger partial charge in [0.2, 0.25) is 5.91 Å². The molecular weight excluding hydrogens is 313 g/mol. The maximum absolute atomic E-state index is 12.3. The first-order valence-electron chi connectivity index (χ1n) is 6.93. The van der Waals surface area contributed by atoms with Crippen LogP contribution in [-0.2, 0) is 9.59 Å². The van der Waals surface area contributed by atoms with Gasteiger partial charge in [-0.05, 0) is 31.9 Å². The summed E-state index contributed by atoms with van der Waals surface area (Å²) in [6.07, 6.45) is 1.35. The van der Waals surface area contributed by atoms with Gasteiger partial charge >= 0.3 is 5.97 Å². The number of carbonyl (C=O) groups is 2. The van der Waals surface area contributed by atoms with Crippen LogP contribution in [0.15, 0.2) is 18.2 Å². The van der Waals surface area contributed by atoms with E-state index in [1.54, 1.807) is 23.1 Å². The average Bonchev–Trinajstić information content (AvgIpc) is 2.58. The van der Waals surface area contributed by atoms with Crippen molar-refractivity contribution < 1.29 is 14.7 Å². The molecule has 0 radical (unpaired) electrons. The molecule has 1 fully saturated rings. The number of amides is 1. The van der Waals surface area contributed by atoms with Crippen molar-refractivity contribution in [3.05, 3.63) is 33.8 Å². The largest absolute Gasteiger partial charge is 0.481 e. The second-order valence-electron chi connectivity index (χ2n) is 5.10. The van der Waals surface area contributed by atoms with E-state index in [1.807, 2.05) is 6.92 Å². The fraction of sp³-hybridized carbons (Fsp3) is 0.467. The SMILES string of the molecule is CCN1C(=O)CCCC(C(=O)O)C1c1c(Cl)cccc1Cl. The molecule has 1 heterocycles. The van der Waals surface area contributed by atoms with Crippen LogP contribution in [0, 0.1) is 5.92 Å². The Kier molecular flexibility index (Phi) is 5.12. The molecule has 2 atom stereocenters. The lowest BCUT2D eigenvalue weighted by Crippen LogP contribution is -2.39. The molecule has 114 valence electrons. The van der Waals surface area contributed by atoms with Gasteiger partial charge in [0.15, 0.2) is 0 Å². The first kappa shape index (κ1) is 16.1. The number of aliphatic carboxylic acids is 1. The predicted molar refractivity (Wildman–Crippen MR) is 81.6 cm³/mol. The molecule has 21 heavy (non-hydrogen) atoms. The lowest BCUT2D eigenvalue weighted by Gasteiger charge is -2.34. The van der Waals surface area contributed by atoms with Crippen molar-refractivity contribution in [2.24, 2.45) is 5.92 Å². The topological polar surface area (TPSA) is 57.6 Å². The molecule has 1 saturated heterocycles. The number of hydrogen-bond donors (Lipinski definition) is 1. The number of carboxylic acids is 1. The number of hydrogen-bond acceptors (Lipinski definition) is 2. The summed E-state index contributed by atoms with van der Waals surface area (Å²) in [6.45, 7) is 2.26. The Morgan fingerprint density at radius 2 is 2.00 bits per heavy atom. The molecule has 1 N–H and O–H groups in total. The van der Waals surface area contributed by atoms with Gasteiger partial charge < -0.3 is 10.0 Å². The number of benzene rings is 1. The van der Waals surface area contributed by atoms with Crippen molar-refractivity contribution in [1.29, 1.82) is 0 Å². The van der Waals surface area contributed by atoms with Gasteiger partial charge in [0.25, 0.3) is 0 Å². The van der Waals surface area contributed by atoms with E-state index in [-0.39, 0.29) is 5.91 Å². The number of carboxylic acid groups (broad SMARTS) is 1. The summed E-state index contributed by atoms with van der Waals surface area (Å²) in [7, 11) is 0. The van der Waals surface area contributed by atoms with Gasteiger partial charge in [-0.1, -0.05) is 29.3 Å². The summed E-state index contributed by atoms with van der Waals surface area (Å²) in [5, 5.41) is 10.3. The van der Waals surface area contributed by atoms with Crippen LogP contribution in [0.25, 0.3) is 0 Å². The Morgan fingerprint density at radius 1 is 1.38 bits per heavy atom. The lowest BCUT2D eigenvalue weighted by molar-refractivity contribution is -0.146. The summed E-state index contributed by atoms with van der Waals surface area (Å²) in [6, 6.07) is 4.43. The molecule has 4 nitrogen and oxygen atoms in total. The maximum Gasteiger partial charge on any atom is 0.308 e. The zero-order chi connectivity index (χ0) is 15.6. The third kappa shape index (κ3) is 3.16. The fourth-order valence-corrected chi connectivity index (χ4v) is 3.55. The van der Waals surface area contributed by atoms with Gasteiger partial charge in [-0.3, -0.25) is 9.59 Å². The maximum atomic E-state index is 12.3. The Labute approximate surface area is 133 Å². The van der Waals surface area contributed by atoms with E-state index in [1.165, 1.54) is 0 Å². The minimum atomic E-state index is -0.927. The highest BCUT2D eigenvalue weighted by Gasteiger charge is 2.39. The van der Waals surface area contributed by atoms with Gasteiger partial charge in [0, 0.05) is 28.6 Å². The highest BCUT2D eigenvalue weighted by Crippen LogP contribution is 2.41. The van der Waals surface area contributed by atoms with Crippen LogP contribution in [-0.4, -0.2) is 28.4 Å². The highest BCUT2D eigenvalue weighted by atomic mass is 35.5. The molecule has 0 spiro atoms. The molecule has 1 amide bonds. The molecule has 0 aromatic heterocycles. The van der Waals surface area contributed by atoms with Gasteiger partial charge in [0.05, 0.1) is 12.0 Å². The minimum Gasteiger partial charge on any atom is -0.481 e. The molecule has 2 rings (SSSR count). The predicted octanol–water partition coefficient (Wildman–Crippen LogP) is 3.77. The highest BCUT2D eigenvalue weighted by molar-refractivity contribution is 6.36. The molecule has 1 aliphatic heterocycles. The van der Waals surface area contributed by atoms with Crippen LogP contribution in [0.2, 0.25) is 10.0 Å². The van der Waals surface area contributed by atoms with Crippen LogP contribution in [0.3, 0.4) is 0 Å². The molecule has 2 unspecified atom stereocenters. The molecule has 1 aromatic rings. The number of likely N-dealkylation sites (tertiary alicyclic amines) is 1. The first-order chi connectivity index (χ1) is 9.97. The summed E-state index contributed by atoms with van der Waals surface area (Å²) in [5.74, 6) is -1.68. The summed E-state index contributed by atoms with van der Waals surface area (Å²) >= 11 is 12.5. The third-order valence-corrected chi connectivity index (χ3v) is 4.56. The summed E-state index contributed by atoms with van der Waals surface area (Å²) in [4.78, 5) is 25.5.